The number of imidazole rings is 1. The summed E-state index contributed by atoms with van der Waals surface area (Å²) in [6.07, 6.45) is 4.91. The van der Waals surface area contributed by atoms with Crippen molar-refractivity contribution in [1.82, 2.24) is 19.8 Å². The van der Waals surface area contributed by atoms with E-state index in [0.29, 0.717) is 30.2 Å². The average Bonchev–Trinajstić information content (AvgIpc) is 3.10. The van der Waals surface area contributed by atoms with Gasteiger partial charge in [-0.05, 0) is 37.5 Å². The van der Waals surface area contributed by atoms with Gasteiger partial charge in [0.2, 0.25) is 11.8 Å². The van der Waals surface area contributed by atoms with Crippen LogP contribution in [0, 0.1) is 24.1 Å². The molecule has 1 atom stereocenters. The van der Waals surface area contributed by atoms with E-state index in [-0.39, 0.29) is 30.1 Å². The molecule has 1 saturated heterocycles. The van der Waals surface area contributed by atoms with Crippen molar-refractivity contribution >= 4 is 11.8 Å². The summed E-state index contributed by atoms with van der Waals surface area (Å²) in [6, 6.07) is 4.93. The Morgan fingerprint density at radius 3 is 2.69 bits per heavy atom. The zero-order valence-electron chi connectivity index (χ0n) is 17.5. The van der Waals surface area contributed by atoms with Crippen LogP contribution in [0.25, 0.3) is 5.69 Å². The number of nitrogens with one attached hydrogen (secondary N) is 1. The number of aryl methyl sites for hydroxylation is 1. The van der Waals surface area contributed by atoms with Crippen LogP contribution in [0.15, 0.2) is 30.6 Å². The lowest BCUT2D eigenvalue weighted by atomic mass is 9.91. The molecule has 1 unspecified atom stereocenters. The van der Waals surface area contributed by atoms with Crippen molar-refractivity contribution < 1.29 is 14.0 Å². The van der Waals surface area contributed by atoms with E-state index in [1.165, 1.54) is 6.07 Å². The van der Waals surface area contributed by atoms with Crippen LogP contribution in [0.1, 0.15) is 45.0 Å². The minimum atomic E-state index is -0.453. The Labute approximate surface area is 171 Å². The van der Waals surface area contributed by atoms with Crippen molar-refractivity contribution in [3.8, 4) is 5.69 Å². The molecule has 1 fully saturated rings. The van der Waals surface area contributed by atoms with Crippen molar-refractivity contribution in [3.05, 3.63) is 47.8 Å². The fourth-order valence-corrected chi connectivity index (χ4v) is 3.67. The second kappa shape index (κ2) is 8.35. The van der Waals surface area contributed by atoms with Gasteiger partial charge < -0.3 is 14.8 Å². The molecular formula is C22H29FN4O2. The molecule has 1 aliphatic rings. The molecule has 0 aliphatic carbocycles. The number of rotatable bonds is 4. The fourth-order valence-electron chi connectivity index (χ4n) is 3.67. The van der Waals surface area contributed by atoms with E-state index >= 15 is 0 Å². The molecule has 156 valence electrons. The van der Waals surface area contributed by atoms with Gasteiger partial charge in [0.1, 0.15) is 11.6 Å². The lowest BCUT2D eigenvalue weighted by Gasteiger charge is -2.35. The van der Waals surface area contributed by atoms with Crippen LogP contribution in [-0.2, 0) is 16.1 Å². The predicted octanol–water partition coefficient (Wildman–Crippen LogP) is 3.22. The normalized spacial score (nSPS) is 17.3. The Morgan fingerprint density at radius 2 is 2.07 bits per heavy atom. The van der Waals surface area contributed by atoms with E-state index in [4.69, 9.17) is 0 Å². The van der Waals surface area contributed by atoms with Crippen molar-refractivity contribution in [2.24, 2.45) is 11.3 Å². The molecule has 6 nitrogen and oxygen atoms in total. The lowest BCUT2D eigenvalue weighted by Crippen LogP contribution is -2.48. The summed E-state index contributed by atoms with van der Waals surface area (Å²) in [5.41, 5.74) is 0.667. The van der Waals surface area contributed by atoms with E-state index in [2.05, 4.69) is 10.3 Å². The summed E-state index contributed by atoms with van der Waals surface area (Å²) in [5.74, 6) is 0.0932. The van der Waals surface area contributed by atoms with Gasteiger partial charge >= 0.3 is 0 Å². The minimum Gasteiger partial charge on any atom is -0.352 e. The zero-order valence-corrected chi connectivity index (χ0v) is 17.5. The maximum Gasteiger partial charge on any atom is 0.227 e. The van der Waals surface area contributed by atoms with Gasteiger partial charge in [-0.3, -0.25) is 9.59 Å². The Morgan fingerprint density at radius 1 is 1.31 bits per heavy atom. The van der Waals surface area contributed by atoms with Gasteiger partial charge in [-0.25, -0.2) is 9.37 Å². The van der Waals surface area contributed by atoms with Crippen LogP contribution in [-0.4, -0.2) is 39.4 Å². The first kappa shape index (κ1) is 21.0. The topological polar surface area (TPSA) is 67.2 Å². The first-order valence-corrected chi connectivity index (χ1v) is 10.0. The van der Waals surface area contributed by atoms with Gasteiger partial charge in [0, 0.05) is 37.4 Å². The number of carbonyl (C=O) groups excluding carboxylic acids is 2. The van der Waals surface area contributed by atoms with Crippen molar-refractivity contribution in [2.45, 2.75) is 47.1 Å². The van der Waals surface area contributed by atoms with Gasteiger partial charge in [-0.2, -0.15) is 0 Å². The summed E-state index contributed by atoms with van der Waals surface area (Å²) in [5, 5.41) is 2.90. The van der Waals surface area contributed by atoms with Gasteiger partial charge in [0.25, 0.3) is 0 Å². The van der Waals surface area contributed by atoms with Crippen molar-refractivity contribution in [3.63, 3.8) is 0 Å². The third kappa shape index (κ3) is 4.83. The Balaban J connectivity index is 1.60. The van der Waals surface area contributed by atoms with Gasteiger partial charge in [-0.1, -0.05) is 26.8 Å². The third-order valence-corrected chi connectivity index (χ3v) is 5.29. The molecule has 1 aromatic heterocycles. The van der Waals surface area contributed by atoms with E-state index < -0.39 is 5.41 Å². The number of halogens is 1. The Kier molecular flexibility index (Phi) is 6.05. The number of hydrogen-bond donors (Lipinski definition) is 1. The second-order valence-electron chi connectivity index (χ2n) is 8.69. The number of carbonyl (C=O) groups is 2. The van der Waals surface area contributed by atoms with Crippen LogP contribution in [0.4, 0.5) is 4.39 Å². The molecular weight excluding hydrogens is 371 g/mol. The van der Waals surface area contributed by atoms with Crippen LogP contribution >= 0.6 is 0 Å². The third-order valence-electron chi connectivity index (χ3n) is 5.29. The molecule has 3 rings (SSSR count). The number of likely N-dealkylation sites (tertiary alicyclic amines) is 1. The number of hydrogen-bond acceptors (Lipinski definition) is 3. The first-order valence-electron chi connectivity index (χ1n) is 10.0. The second-order valence-corrected chi connectivity index (χ2v) is 8.69. The van der Waals surface area contributed by atoms with Crippen LogP contribution < -0.4 is 5.32 Å². The van der Waals surface area contributed by atoms with Gasteiger partial charge in [-0.15, -0.1) is 0 Å². The average molecular weight is 400 g/mol. The number of amides is 2. The number of benzene rings is 1. The summed E-state index contributed by atoms with van der Waals surface area (Å²) >= 11 is 0. The molecule has 7 heteroatoms. The summed E-state index contributed by atoms with van der Waals surface area (Å²) < 4.78 is 16.2. The highest BCUT2D eigenvalue weighted by Gasteiger charge is 2.33. The van der Waals surface area contributed by atoms with Gasteiger partial charge in [0.05, 0.1) is 11.6 Å². The first-order chi connectivity index (χ1) is 13.7. The van der Waals surface area contributed by atoms with E-state index in [1.54, 1.807) is 34.0 Å². The molecule has 1 aliphatic heterocycles. The largest absolute Gasteiger partial charge is 0.352 e. The molecule has 2 heterocycles. The SMILES string of the molecule is Cc1nccn1-c1ccc(CNC(=O)C2CCCN(C(=O)C(C)(C)C)C2)cc1F. The summed E-state index contributed by atoms with van der Waals surface area (Å²) in [7, 11) is 0. The molecule has 1 N–H and O–H groups in total. The maximum atomic E-state index is 14.5. The molecule has 29 heavy (non-hydrogen) atoms. The zero-order chi connectivity index (χ0) is 21.2. The van der Waals surface area contributed by atoms with Crippen LogP contribution in [0.5, 0.6) is 0 Å². The molecule has 0 spiro atoms. The molecule has 2 aromatic rings. The van der Waals surface area contributed by atoms with Crippen molar-refractivity contribution in [2.75, 3.05) is 13.1 Å². The van der Waals surface area contributed by atoms with Crippen molar-refractivity contribution in [1.29, 1.82) is 0 Å². The van der Waals surface area contributed by atoms with E-state index in [0.717, 1.165) is 12.8 Å². The quantitative estimate of drug-likeness (QED) is 0.857. The molecule has 0 radical (unpaired) electrons. The standard InChI is InChI=1S/C22H29FN4O2/c1-15-24-9-11-27(15)19-8-7-16(12-18(19)23)13-25-20(28)17-6-5-10-26(14-17)21(29)22(2,3)4/h7-9,11-12,17H,5-6,10,13-14H2,1-4H3,(H,25,28). The minimum absolute atomic E-state index is 0.0717. The van der Waals surface area contributed by atoms with Crippen LogP contribution in [0.3, 0.4) is 0 Å². The smallest absolute Gasteiger partial charge is 0.227 e. The number of piperidine rings is 1. The van der Waals surface area contributed by atoms with E-state index in [1.807, 2.05) is 27.7 Å². The predicted molar refractivity (Wildman–Crippen MR) is 109 cm³/mol. The summed E-state index contributed by atoms with van der Waals surface area (Å²) in [4.78, 5) is 31.0. The molecule has 1 aromatic carbocycles. The highest BCUT2D eigenvalue weighted by Crippen LogP contribution is 2.24. The number of nitrogens with zero attached hydrogens (tertiary/aromatic N) is 3. The Hall–Kier alpha value is -2.70. The lowest BCUT2D eigenvalue weighted by molar-refractivity contribution is -0.142. The fraction of sp³-hybridized carbons (Fsp3) is 0.500. The van der Waals surface area contributed by atoms with Crippen LogP contribution in [0.2, 0.25) is 0 Å². The Bertz CT molecular complexity index is 900. The van der Waals surface area contributed by atoms with E-state index in [9.17, 15) is 14.0 Å². The number of aromatic nitrogens is 2. The maximum absolute atomic E-state index is 14.5. The highest BCUT2D eigenvalue weighted by molar-refractivity contribution is 5.83. The highest BCUT2D eigenvalue weighted by atomic mass is 19.1. The molecule has 0 saturated carbocycles. The summed E-state index contributed by atoms with van der Waals surface area (Å²) in [6.45, 7) is 8.87. The van der Waals surface area contributed by atoms with Gasteiger partial charge in [0.15, 0.2) is 0 Å². The molecule has 2 amide bonds. The monoisotopic (exact) mass is 400 g/mol. The molecule has 0 bridgehead atoms.